The minimum absolute atomic E-state index is 0.252. The molecule has 152 valence electrons. The van der Waals surface area contributed by atoms with Crippen LogP contribution in [0, 0.1) is 0 Å². The van der Waals surface area contributed by atoms with Crippen LogP contribution in [0.1, 0.15) is 32.3 Å². The second-order valence-corrected chi connectivity index (χ2v) is 7.67. The number of esters is 1. The maximum Gasteiger partial charge on any atom is 0.407 e. The molecule has 0 saturated carbocycles. The highest BCUT2D eigenvalue weighted by atomic mass is 32.2. The van der Waals surface area contributed by atoms with E-state index in [4.69, 9.17) is 13.7 Å². The summed E-state index contributed by atoms with van der Waals surface area (Å²) in [6.07, 6.45) is 0.968. The molecule has 8 nitrogen and oxygen atoms in total. The number of unbranched alkanes of at least 4 members (excludes halogenated alkanes) is 1. The van der Waals surface area contributed by atoms with Gasteiger partial charge in [-0.3, -0.25) is 8.98 Å². The van der Waals surface area contributed by atoms with E-state index < -0.39 is 34.3 Å². The summed E-state index contributed by atoms with van der Waals surface area (Å²) in [5.74, 6) is -0.582. The predicted octanol–water partition coefficient (Wildman–Crippen LogP) is 2.03. The quantitative estimate of drug-likeness (QED) is 0.343. The maximum absolute atomic E-state index is 12.1. The highest BCUT2D eigenvalue weighted by molar-refractivity contribution is 7.86. The fraction of sp³-hybridized carbons (Fsp3) is 0.556. The van der Waals surface area contributed by atoms with Gasteiger partial charge in [-0.25, -0.2) is 4.79 Å². The van der Waals surface area contributed by atoms with Crippen LogP contribution in [-0.2, 0) is 35.0 Å². The molecular weight excluding hydrogens is 374 g/mol. The lowest BCUT2D eigenvalue weighted by molar-refractivity contribution is -0.143. The molecule has 2 unspecified atom stereocenters. The SMILES string of the molecule is CCCCOC(=O)NC(Cc1ccccc1)C(COC(C)=O)OS(C)(=O)=O. The van der Waals surface area contributed by atoms with Crippen molar-refractivity contribution in [1.29, 1.82) is 0 Å². The Morgan fingerprint density at radius 1 is 1.15 bits per heavy atom. The van der Waals surface area contributed by atoms with E-state index in [2.05, 4.69) is 5.32 Å². The number of ether oxygens (including phenoxy) is 2. The van der Waals surface area contributed by atoms with Gasteiger partial charge in [-0.1, -0.05) is 43.7 Å². The smallest absolute Gasteiger partial charge is 0.407 e. The van der Waals surface area contributed by atoms with Crippen molar-refractivity contribution in [2.24, 2.45) is 0 Å². The van der Waals surface area contributed by atoms with Crippen molar-refractivity contribution in [3.8, 4) is 0 Å². The highest BCUT2D eigenvalue weighted by Gasteiger charge is 2.29. The number of carbonyl (C=O) groups excluding carboxylic acids is 2. The largest absolute Gasteiger partial charge is 0.463 e. The van der Waals surface area contributed by atoms with Crippen LogP contribution in [0.4, 0.5) is 4.79 Å². The Morgan fingerprint density at radius 3 is 2.37 bits per heavy atom. The van der Waals surface area contributed by atoms with Crippen molar-refractivity contribution >= 4 is 22.2 Å². The van der Waals surface area contributed by atoms with Crippen LogP contribution in [-0.4, -0.2) is 52.1 Å². The van der Waals surface area contributed by atoms with E-state index in [0.29, 0.717) is 6.42 Å². The molecule has 1 aromatic carbocycles. The van der Waals surface area contributed by atoms with Crippen LogP contribution >= 0.6 is 0 Å². The van der Waals surface area contributed by atoms with Crippen LogP contribution < -0.4 is 5.32 Å². The summed E-state index contributed by atoms with van der Waals surface area (Å²) in [6.45, 7) is 3.10. The minimum Gasteiger partial charge on any atom is -0.463 e. The molecule has 0 fully saturated rings. The molecule has 0 aliphatic heterocycles. The Hall–Kier alpha value is -2.13. The molecule has 27 heavy (non-hydrogen) atoms. The van der Waals surface area contributed by atoms with Crippen molar-refractivity contribution in [3.63, 3.8) is 0 Å². The van der Waals surface area contributed by atoms with Gasteiger partial charge >= 0.3 is 12.1 Å². The topological polar surface area (TPSA) is 108 Å². The van der Waals surface area contributed by atoms with E-state index in [1.807, 2.05) is 37.3 Å². The number of rotatable bonds is 11. The third-order valence-corrected chi connectivity index (χ3v) is 4.13. The number of amides is 1. The molecule has 0 heterocycles. The van der Waals surface area contributed by atoms with Crippen molar-refractivity contribution < 1.29 is 31.7 Å². The number of alkyl carbamates (subject to hydrolysis) is 1. The van der Waals surface area contributed by atoms with Gasteiger partial charge in [-0.15, -0.1) is 0 Å². The Labute approximate surface area is 160 Å². The first-order valence-corrected chi connectivity index (χ1v) is 10.5. The van der Waals surface area contributed by atoms with Gasteiger partial charge in [0.2, 0.25) is 0 Å². The van der Waals surface area contributed by atoms with Crippen LogP contribution in [0.2, 0.25) is 0 Å². The summed E-state index contributed by atoms with van der Waals surface area (Å²) in [6, 6.07) is 8.37. The number of nitrogens with one attached hydrogen (secondary N) is 1. The normalized spacial score (nSPS) is 13.4. The Morgan fingerprint density at radius 2 is 1.81 bits per heavy atom. The summed E-state index contributed by atoms with van der Waals surface area (Å²) in [5.41, 5.74) is 0.848. The first-order chi connectivity index (χ1) is 12.7. The molecule has 1 rings (SSSR count). The highest BCUT2D eigenvalue weighted by Crippen LogP contribution is 2.12. The molecule has 0 radical (unpaired) electrons. The van der Waals surface area contributed by atoms with Crippen molar-refractivity contribution in [1.82, 2.24) is 5.32 Å². The molecule has 0 aromatic heterocycles. The molecule has 2 atom stereocenters. The van der Waals surface area contributed by atoms with Gasteiger partial charge in [0.1, 0.15) is 12.7 Å². The van der Waals surface area contributed by atoms with Crippen molar-refractivity contribution in [2.45, 2.75) is 45.3 Å². The van der Waals surface area contributed by atoms with Crippen molar-refractivity contribution in [2.75, 3.05) is 19.5 Å². The first-order valence-electron chi connectivity index (χ1n) is 8.70. The zero-order chi connectivity index (χ0) is 20.3. The van der Waals surface area contributed by atoms with Gasteiger partial charge in [-0.05, 0) is 18.4 Å². The van der Waals surface area contributed by atoms with E-state index in [1.54, 1.807) is 0 Å². The Kier molecular flexibility index (Phi) is 9.81. The molecule has 1 aromatic rings. The summed E-state index contributed by atoms with van der Waals surface area (Å²) in [4.78, 5) is 23.2. The van der Waals surface area contributed by atoms with Crippen LogP contribution in [0.15, 0.2) is 30.3 Å². The number of hydrogen-bond donors (Lipinski definition) is 1. The zero-order valence-corrected chi connectivity index (χ0v) is 16.7. The molecule has 0 bridgehead atoms. The summed E-state index contributed by atoms with van der Waals surface area (Å²) in [7, 11) is -3.85. The first kappa shape index (κ1) is 22.9. The molecule has 0 aliphatic rings. The predicted molar refractivity (Wildman–Crippen MR) is 99.7 cm³/mol. The number of benzene rings is 1. The van der Waals surface area contributed by atoms with Gasteiger partial charge < -0.3 is 14.8 Å². The minimum atomic E-state index is -3.85. The van der Waals surface area contributed by atoms with Gasteiger partial charge in [0.25, 0.3) is 10.1 Å². The van der Waals surface area contributed by atoms with Crippen LogP contribution in [0.25, 0.3) is 0 Å². The number of carbonyl (C=O) groups is 2. The fourth-order valence-corrected chi connectivity index (χ4v) is 2.92. The maximum atomic E-state index is 12.1. The third kappa shape index (κ3) is 10.6. The molecule has 9 heteroatoms. The monoisotopic (exact) mass is 401 g/mol. The lowest BCUT2D eigenvalue weighted by atomic mass is 10.0. The lowest BCUT2D eigenvalue weighted by Gasteiger charge is -2.26. The van der Waals surface area contributed by atoms with E-state index >= 15 is 0 Å². The van der Waals surface area contributed by atoms with Crippen molar-refractivity contribution in [3.05, 3.63) is 35.9 Å². The average molecular weight is 401 g/mol. The molecule has 0 saturated heterocycles. The Bertz CT molecular complexity index is 691. The van der Waals surface area contributed by atoms with E-state index in [9.17, 15) is 18.0 Å². The van der Waals surface area contributed by atoms with E-state index in [1.165, 1.54) is 6.92 Å². The van der Waals surface area contributed by atoms with Gasteiger partial charge in [0, 0.05) is 6.92 Å². The van der Waals surface area contributed by atoms with Gasteiger partial charge in [0.15, 0.2) is 0 Å². The summed E-state index contributed by atoms with van der Waals surface area (Å²) >= 11 is 0. The molecule has 1 N–H and O–H groups in total. The standard InChI is InChI=1S/C18H27NO7S/c1-4-5-11-24-18(21)19-16(12-15-9-7-6-8-10-15)17(13-25-14(2)20)26-27(3,22)23/h6-10,16-17H,4-5,11-13H2,1-3H3,(H,19,21). The average Bonchev–Trinajstić information content (AvgIpc) is 2.58. The third-order valence-electron chi connectivity index (χ3n) is 3.53. The second-order valence-electron chi connectivity index (χ2n) is 6.07. The van der Waals surface area contributed by atoms with E-state index in [0.717, 1.165) is 18.2 Å². The van der Waals surface area contributed by atoms with Crippen LogP contribution in [0.5, 0.6) is 0 Å². The molecular formula is C18H27NO7S. The molecule has 0 aliphatic carbocycles. The molecule has 0 spiro atoms. The van der Waals surface area contributed by atoms with Gasteiger partial charge in [0.05, 0.1) is 18.9 Å². The Balaban J connectivity index is 2.97. The summed E-state index contributed by atoms with van der Waals surface area (Å²) < 4.78 is 38.4. The van der Waals surface area contributed by atoms with Gasteiger partial charge in [-0.2, -0.15) is 8.42 Å². The number of hydrogen-bond acceptors (Lipinski definition) is 7. The second kappa shape index (κ2) is 11.6. The molecule has 1 amide bonds. The summed E-state index contributed by atoms with van der Waals surface area (Å²) in [5, 5.41) is 2.63. The zero-order valence-electron chi connectivity index (χ0n) is 15.8. The van der Waals surface area contributed by atoms with E-state index in [-0.39, 0.29) is 19.6 Å². The fourth-order valence-electron chi connectivity index (χ4n) is 2.28. The van der Waals surface area contributed by atoms with Crippen LogP contribution in [0.3, 0.4) is 0 Å². The lowest BCUT2D eigenvalue weighted by Crippen LogP contribution is -2.49.